The molecule has 0 aliphatic rings. The molecule has 0 atom stereocenters. The largest absolute Gasteiger partial charge is 0.337 e. The van der Waals surface area contributed by atoms with Crippen LogP contribution in [0.3, 0.4) is 0 Å². The average Bonchev–Trinajstić information content (AvgIpc) is 2.47. The number of imidazole rings is 1. The van der Waals surface area contributed by atoms with Crippen LogP contribution in [0.25, 0.3) is 0 Å². The van der Waals surface area contributed by atoms with Gasteiger partial charge in [0, 0.05) is 12.7 Å². The van der Waals surface area contributed by atoms with Crippen LogP contribution in [0.15, 0.2) is 12.5 Å². The summed E-state index contributed by atoms with van der Waals surface area (Å²) >= 11 is 0. The van der Waals surface area contributed by atoms with Crippen LogP contribution < -0.4 is 0 Å². The third-order valence-electron chi connectivity index (χ3n) is 2.58. The number of aryl methyl sites for hydroxylation is 1. The van der Waals surface area contributed by atoms with Gasteiger partial charge in [0.25, 0.3) is 0 Å². The molecule has 0 spiro atoms. The van der Waals surface area contributed by atoms with Crippen LogP contribution in [0.1, 0.15) is 45.7 Å². The van der Waals surface area contributed by atoms with Crippen molar-refractivity contribution in [2.75, 3.05) is 0 Å². The molecule has 80 valence electrons. The normalized spacial score (nSPS) is 12.0. The minimum Gasteiger partial charge on any atom is -0.337 e. The van der Waals surface area contributed by atoms with Crippen molar-refractivity contribution in [1.29, 1.82) is 0 Å². The van der Waals surface area contributed by atoms with Gasteiger partial charge in [-0.25, -0.2) is 4.98 Å². The fourth-order valence-electron chi connectivity index (χ4n) is 1.79. The van der Waals surface area contributed by atoms with Gasteiger partial charge < -0.3 is 4.57 Å². The number of nitrogens with zero attached hydrogens (tertiary/aromatic N) is 2. The van der Waals surface area contributed by atoms with E-state index in [0.717, 1.165) is 12.2 Å². The Bertz CT molecular complexity index is 274. The van der Waals surface area contributed by atoms with Crippen LogP contribution in [0.4, 0.5) is 0 Å². The molecular formula is C12H22N2. The van der Waals surface area contributed by atoms with Gasteiger partial charge in [-0.3, -0.25) is 0 Å². The van der Waals surface area contributed by atoms with Crippen LogP contribution in [-0.4, -0.2) is 9.55 Å². The Morgan fingerprint density at radius 3 is 2.64 bits per heavy atom. The first-order valence-corrected chi connectivity index (χ1v) is 5.52. The number of rotatable bonds is 5. The second-order valence-electron chi connectivity index (χ2n) is 4.96. The van der Waals surface area contributed by atoms with Crippen molar-refractivity contribution >= 4 is 0 Å². The van der Waals surface area contributed by atoms with Crippen LogP contribution in [0.5, 0.6) is 0 Å². The van der Waals surface area contributed by atoms with Gasteiger partial charge in [0.15, 0.2) is 0 Å². The summed E-state index contributed by atoms with van der Waals surface area (Å²) in [5, 5.41) is 0. The second-order valence-corrected chi connectivity index (χ2v) is 4.96. The summed E-state index contributed by atoms with van der Waals surface area (Å²) in [6.45, 7) is 10.0. The van der Waals surface area contributed by atoms with Crippen molar-refractivity contribution in [1.82, 2.24) is 9.55 Å². The molecule has 0 saturated carbocycles. The zero-order valence-electron chi connectivity index (χ0n) is 9.88. The Morgan fingerprint density at radius 2 is 2.14 bits per heavy atom. The summed E-state index contributed by atoms with van der Waals surface area (Å²) in [4.78, 5) is 4.24. The van der Waals surface area contributed by atoms with Crippen molar-refractivity contribution in [2.24, 2.45) is 5.41 Å². The summed E-state index contributed by atoms with van der Waals surface area (Å²) in [6, 6.07) is 0. The number of unbranched alkanes of at least 4 members (excludes halogenated alkanes) is 1. The van der Waals surface area contributed by atoms with Crippen molar-refractivity contribution < 1.29 is 0 Å². The van der Waals surface area contributed by atoms with Crippen molar-refractivity contribution in [2.45, 2.75) is 53.5 Å². The quantitative estimate of drug-likeness (QED) is 0.702. The highest BCUT2D eigenvalue weighted by Crippen LogP contribution is 2.25. The lowest BCUT2D eigenvalue weighted by atomic mass is 9.87. The Kier molecular flexibility index (Phi) is 3.73. The second kappa shape index (κ2) is 4.63. The third-order valence-corrected chi connectivity index (χ3v) is 2.58. The predicted octanol–water partition coefficient (Wildman–Crippen LogP) is 3.41. The standard InChI is InChI=1S/C12H22N2/c1-5-6-7-12(3,4)9-14-8-11(2)13-10-14/h8,10H,5-7,9H2,1-4H3. The molecule has 0 unspecified atom stereocenters. The number of aromatic nitrogens is 2. The maximum absolute atomic E-state index is 4.24. The Labute approximate surface area is 87.4 Å². The smallest absolute Gasteiger partial charge is 0.0949 e. The van der Waals surface area contributed by atoms with Gasteiger partial charge >= 0.3 is 0 Å². The topological polar surface area (TPSA) is 17.8 Å². The molecular weight excluding hydrogens is 172 g/mol. The van der Waals surface area contributed by atoms with E-state index < -0.39 is 0 Å². The van der Waals surface area contributed by atoms with E-state index in [9.17, 15) is 0 Å². The zero-order valence-corrected chi connectivity index (χ0v) is 9.88. The molecule has 0 saturated heterocycles. The van der Waals surface area contributed by atoms with Crippen molar-refractivity contribution in [3.05, 3.63) is 18.2 Å². The molecule has 0 fully saturated rings. The Balaban J connectivity index is 2.49. The van der Waals surface area contributed by atoms with Gasteiger partial charge in [-0.2, -0.15) is 0 Å². The highest BCUT2D eigenvalue weighted by molar-refractivity contribution is 4.93. The molecule has 0 amide bonds. The first kappa shape index (κ1) is 11.3. The lowest BCUT2D eigenvalue weighted by molar-refractivity contribution is 0.273. The summed E-state index contributed by atoms with van der Waals surface area (Å²) in [6.07, 6.45) is 7.95. The molecule has 2 nitrogen and oxygen atoms in total. The molecule has 14 heavy (non-hydrogen) atoms. The summed E-state index contributed by atoms with van der Waals surface area (Å²) in [5.41, 5.74) is 1.50. The van der Waals surface area contributed by atoms with Crippen LogP contribution in [0.2, 0.25) is 0 Å². The van der Waals surface area contributed by atoms with Crippen LogP contribution >= 0.6 is 0 Å². The monoisotopic (exact) mass is 194 g/mol. The summed E-state index contributed by atoms with van der Waals surface area (Å²) in [7, 11) is 0. The van der Waals surface area contributed by atoms with E-state index in [1.165, 1.54) is 19.3 Å². The van der Waals surface area contributed by atoms with Crippen molar-refractivity contribution in [3.63, 3.8) is 0 Å². The number of hydrogen-bond acceptors (Lipinski definition) is 1. The predicted molar refractivity (Wildman–Crippen MR) is 60.3 cm³/mol. The molecule has 1 heterocycles. The van der Waals surface area contributed by atoms with Gasteiger partial charge in [0.05, 0.1) is 12.0 Å². The average molecular weight is 194 g/mol. The highest BCUT2D eigenvalue weighted by atomic mass is 15.0. The SMILES string of the molecule is CCCCC(C)(C)Cn1cnc(C)c1. The maximum Gasteiger partial charge on any atom is 0.0949 e. The number of hydrogen-bond donors (Lipinski definition) is 0. The van der Waals surface area contributed by atoms with E-state index in [4.69, 9.17) is 0 Å². The summed E-state index contributed by atoms with van der Waals surface area (Å²) < 4.78 is 2.20. The molecule has 0 aliphatic carbocycles. The molecule has 1 aromatic heterocycles. The Hall–Kier alpha value is -0.790. The van der Waals surface area contributed by atoms with E-state index in [2.05, 4.69) is 36.5 Å². The molecule has 0 radical (unpaired) electrons. The van der Waals surface area contributed by atoms with Gasteiger partial charge in [-0.15, -0.1) is 0 Å². The van der Waals surface area contributed by atoms with Gasteiger partial charge in [-0.05, 0) is 18.8 Å². The van der Waals surface area contributed by atoms with E-state index in [1.807, 2.05) is 13.3 Å². The van der Waals surface area contributed by atoms with E-state index >= 15 is 0 Å². The molecule has 0 bridgehead atoms. The first-order valence-electron chi connectivity index (χ1n) is 5.52. The van der Waals surface area contributed by atoms with E-state index in [-0.39, 0.29) is 0 Å². The van der Waals surface area contributed by atoms with Gasteiger partial charge in [0.2, 0.25) is 0 Å². The lowest BCUT2D eigenvalue weighted by Crippen LogP contribution is -2.18. The molecule has 1 aromatic rings. The molecule has 2 heteroatoms. The third kappa shape index (κ3) is 3.52. The first-order chi connectivity index (χ1) is 6.53. The molecule has 0 aliphatic heterocycles. The maximum atomic E-state index is 4.24. The fraction of sp³-hybridized carbons (Fsp3) is 0.750. The zero-order chi connectivity index (χ0) is 10.6. The van der Waals surface area contributed by atoms with Gasteiger partial charge in [-0.1, -0.05) is 33.6 Å². The molecule has 1 rings (SSSR count). The van der Waals surface area contributed by atoms with E-state index in [1.54, 1.807) is 0 Å². The molecule has 0 aromatic carbocycles. The Morgan fingerprint density at radius 1 is 1.43 bits per heavy atom. The van der Waals surface area contributed by atoms with E-state index in [0.29, 0.717) is 5.41 Å². The van der Waals surface area contributed by atoms with Gasteiger partial charge in [0.1, 0.15) is 0 Å². The summed E-state index contributed by atoms with van der Waals surface area (Å²) in [5.74, 6) is 0. The fourth-order valence-corrected chi connectivity index (χ4v) is 1.79. The van der Waals surface area contributed by atoms with Crippen molar-refractivity contribution in [3.8, 4) is 0 Å². The van der Waals surface area contributed by atoms with Crippen LogP contribution in [-0.2, 0) is 6.54 Å². The minimum absolute atomic E-state index is 0.392. The highest BCUT2D eigenvalue weighted by Gasteiger charge is 2.17. The van der Waals surface area contributed by atoms with Crippen LogP contribution in [0, 0.1) is 12.3 Å². The lowest BCUT2D eigenvalue weighted by Gasteiger charge is -2.24. The molecule has 0 N–H and O–H groups in total. The minimum atomic E-state index is 0.392.